The standard InChI is InChI=1S/C25H30N2O5/c1-17(2)16-31-20-9-5-19(6-10-20)24(29)27-23(25(30)26-13-14-28)15-18-3-7-21(8-4-18)32-22-11-12-22/h3-10,15,17,22,28H,11-14,16H2,1-2H3,(H,26,30)(H,27,29)/b23-15-. The van der Waals surface area contributed by atoms with Gasteiger partial charge in [0.2, 0.25) is 0 Å². The van der Waals surface area contributed by atoms with Crippen molar-refractivity contribution in [2.45, 2.75) is 32.8 Å². The van der Waals surface area contributed by atoms with Crippen LogP contribution in [0, 0.1) is 5.92 Å². The van der Waals surface area contributed by atoms with Gasteiger partial charge in [0, 0.05) is 12.1 Å². The Kier molecular flexibility index (Phi) is 8.27. The van der Waals surface area contributed by atoms with E-state index in [0.29, 0.717) is 29.9 Å². The molecular weight excluding hydrogens is 408 g/mol. The zero-order chi connectivity index (χ0) is 22.9. The van der Waals surface area contributed by atoms with Crippen LogP contribution in [0.15, 0.2) is 54.2 Å². The van der Waals surface area contributed by atoms with E-state index in [4.69, 9.17) is 14.6 Å². The molecule has 0 radical (unpaired) electrons. The minimum absolute atomic E-state index is 0.0828. The summed E-state index contributed by atoms with van der Waals surface area (Å²) >= 11 is 0. The molecule has 2 aromatic rings. The molecule has 0 saturated heterocycles. The Morgan fingerprint density at radius 3 is 2.31 bits per heavy atom. The van der Waals surface area contributed by atoms with E-state index in [1.165, 1.54) is 0 Å². The van der Waals surface area contributed by atoms with Gasteiger partial charge in [-0.2, -0.15) is 0 Å². The predicted molar refractivity (Wildman–Crippen MR) is 122 cm³/mol. The molecule has 7 heteroatoms. The number of carbonyl (C=O) groups excluding carboxylic acids is 2. The molecule has 0 bridgehead atoms. The Morgan fingerprint density at radius 2 is 1.72 bits per heavy atom. The Balaban J connectivity index is 1.71. The van der Waals surface area contributed by atoms with Crippen LogP contribution in [0.1, 0.15) is 42.6 Å². The van der Waals surface area contributed by atoms with E-state index in [-0.39, 0.29) is 18.8 Å². The summed E-state index contributed by atoms with van der Waals surface area (Å²) in [5, 5.41) is 14.3. The SMILES string of the molecule is CC(C)COc1ccc(C(=O)N/C(=C\c2ccc(OC3CC3)cc2)C(=O)NCCO)cc1. The number of aliphatic hydroxyl groups is 1. The average molecular weight is 439 g/mol. The molecule has 3 rings (SSSR count). The maximum atomic E-state index is 12.7. The van der Waals surface area contributed by atoms with Crippen molar-refractivity contribution in [1.82, 2.24) is 10.6 Å². The van der Waals surface area contributed by atoms with Crippen LogP contribution < -0.4 is 20.1 Å². The van der Waals surface area contributed by atoms with Crippen molar-refractivity contribution in [3.8, 4) is 11.5 Å². The zero-order valence-electron chi connectivity index (χ0n) is 18.5. The molecule has 170 valence electrons. The summed E-state index contributed by atoms with van der Waals surface area (Å²) in [6.07, 6.45) is 4.05. The molecule has 0 aromatic heterocycles. The highest BCUT2D eigenvalue weighted by Gasteiger charge is 2.23. The van der Waals surface area contributed by atoms with Crippen molar-refractivity contribution >= 4 is 17.9 Å². The summed E-state index contributed by atoms with van der Waals surface area (Å²) in [5.74, 6) is 0.958. The number of aliphatic hydroxyl groups excluding tert-OH is 1. The minimum atomic E-state index is -0.484. The van der Waals surface area contributed by atoms with Crippen LogP contribution in [0.3, 0.4) is 0 Å². The third-order valence-corrected chi connectivity index (χ3v) is 4.61. The number of rotatable bonds is 11. The number of carbonyl (C=O) groups is 2. The van der Waals surface area contributed by atoms with Crippen LogP contribution in [-0.4, -0.2) is 42.8 Å². The summed E-state index contributed by atoms with van der Waals surface area (Å²) in [7, 11) is 0. The van der Waals surface area contributed by atoms with E-state index >= 15 is 0 Å². The van der Waals surface area contributed by atoms with Gasteiger partial charge in [-0.15, -0.1) is 0 Å². The quantitative estimate of drug-likeness (QED) is 0.469. The van der Waals surface area contributed by atoms with Crippen LogP contribution in [-0.2, 0) is 4.79 Å². The molecule has 0 unspecified atom stereocenters. The van der Waals surface area contributed by atoms with Gasteiger partial charge in [0.05, 0.1) is 19.3 Å². The van der Waals surface area contributed by atoms with E-state index in [1.807, 2.05) is 24.3 Å². The fraction of sp³-hybridized carbons (Fsp3) is 0.360. The molecule has 1 aliphatic rings. The first-order valence-corrected chi connectivity index (χ1v) is 10.9. The van der Waals surface area contributed by atoms with Gasteiger partial charge in [-0.25, -0.2) is 0 Å². The fourth-order valence-corrected chi connectivity index (χ4v) is 2.77. The van der Waals surface area contributed by atoms with Crippen molar-refractivity contribution in [3.05, 3.63) is 65.4 Å². The Labute approximate surface area is 188 Å². The van der Waals surface area contributed by atoms with Crippen LogP contribution in [0.5, 0.6) is 11.5 Å². The Hall–Kier alpha value is -3.32. The number of amides is 2. The van der Waals surface area contributed by atoms with E-state index < -0.39 is 11.8 Å². The molecule has 0 atom stereocenters. The molecule has 0 aliphatic heterocycles. The van der Waals surface area contributed by atoms with Gasteiger partial charge in [-0.1, -0.05) is 26.0 Å². The number of nitrogens with one attached hydrogen (secondary N) is 2. The summed E-state index contributed by atoms with van der Waals surface area (Å²) in [4.78, 5) is 25.3. The number of benzene rings is 2. The second-order valence-electron chi connectivity index (χ2n) is 8.11. The van der Waals surface area contributed by atoms with Crippen molar-refractivity contribution < 1.29 is 24.2 Å². The van der Waals surface area contributed by atoms with E-state index in [9.17, 15) is 9.59 Å². The number of hydrogen-bond donors (Lipinski definition) is 3. The molecule has 1 fully saturated rings. The van der Waals surface area contributed by atoms with Crippen LogP contribution in [0.2, 0.25) is 0 Å². The summed E-state index contributed by atoms with van der Waals surface area (Å²) in [5.41, 5.74) is 1.22. The first-order valence-electron chi connectivity index (χ1n) is 10.9. The molecule has 0 spiro atoms. The summed E-state index contributed by atoms with van der Waals surface area (Å²) in [6, 6.07) is 14.1. The van der Waals surface area contributed by atoms with Gasteiger partial charge in [0.25, 0.3) is 11.8 Å². The fourth-order valence-electron chi connectivity index (χ4n) is 2.77. The maximum Gasteiger partial charge on any atom is 0.267 e. The lowest BCUT2D eigenvalue weighted by Crippen LogP contribution is -2.36. The lowest BCUT2D eigenvalue weighted by atomic mass is 10.1. The maximum absolute atomic E-state index is 12.7. The average Bonchev–Trinajstić information content (AvgIpc) is 3.61. The number of ether oxygens (including phenoxy) is 2. The van der Waals surface area contributed by atoms with Crippen molar-refractivity contribution in [3.63, 3.8) is 0 Å². The smallest absolute Gasteiger partial charge is 0.267 e. The monoisotopic (exact) mass is 438 g/mol. The van der Waals surface area contributed by atoms with Crippen molar-refractivity contribution in [1.29, 1.82) is 0 Å². The van der Waals surface area contributed by atoms with Gasteiger partial charge in [0.1, 0.15) is 17.2 Å². The topological polar surface area (TPSA) is 96.9 Å². The van der Waals surface area contributed by atoms with E-state index in [0.717, 1.165) is 24.2 Å². The lowest BCUT2D eigenvalue weighted by molar-refractivity contribution is -0.117. The van der Waals surface area contributed by atoms with E-state index in [1.54, 1.807) is 30.3 Å². The minimum Gasteiger partial charge on any atom is -0.493 e. The predicted octanol–water partition coefficient (Wildman–Crippen LogP) is 3.14. The molecule has 7 nitrogen and oxygen atoms in total. The normalized spacial score (nSPS) is 13.6. The highest BCUT2D eigenvalue weighted by Crippen LogP contribution is 2.27. The summed E-state index contributed by atoms with van der Waals surface area (Å²) < 4.78 is 11.4. The van der Waals surface area contributed by atoms with Crippen LogP contribution in [0.25, 0.3) is 6.08 Å². The Bertz CT molecular complexity index is 932. The zero-order valence-corrected chi connectivity index (χ0v) is 18.5. The molecule has 32 heavy (non-hydrogen) atoms. The molecule has 2 aromatic carbocycles. The summed E-state index contributed by atoms with van der Waals surface area (Å²) in [6.45, 7) is 4.60. The molecule has 3 N–H and O–H groups in total. The molecule has 2 amide bonds. The number of hydrogen-bond acceptors (Lipinski definition) is 5. The molecule has 1 saturated carbocycles. The highest BCUT2D eigenvalue weighted by atomic mass is 16.5. The molecular formula is C25H30N2O5. The first-order chi connectivity index (χ1) is 15.4. The lowest BCUT2D eigenvalue weighted by Gasteiger charge is -2.12. The van der Waals surface area contributed by atoms with Crippen molar-refractivity contribution in [2.75, 3.05) is 19.8 Å². The van der Waals surface area contributed by atoms with Crippen molar-refractivity contribution in [2.24, 2.45) is 5.92 Å². The Morgan fingerprint density at radius 1 is 1.06 bits per heavy atom. The van der Waals surface area contributed by atoms with E-state index in [2.05, 4.69) is 24.5 Å². The third-order valence-electron chi connectivity index (χ3n) is 4.61. The van der Waals surface area contributed by atoms with Gasteiger partial charge >= 0.3 is 0 Å². The molecule has 0 heterocycles. The first kappa shape index (κ1) is 23.3. The third kappa shape index (κ3) is 7.42. The van der Waals surface area contributed by atoms with Crippen LogP contribution >= 0.6 is 0 Å². The second-order valence-corrected chi connectivity index (χ2v) is 8.11. The van der Waals surface area contributed by atoms with Gasteiger partial charge in [-0.05, 0) is 66.8 Å². The van der Waals surface area contributed by atoms with Gasteiger partial charge in [0.15, 0.2) is 0 Å². The van der Waals surface area contributed by atoms with Crippen LogP contribution in [0.4, 0.5) is 0 Å². The van der Waals surface area contributed by atoms with Gasteiger partial charge in [-0.3, -0.25) is 9.59 Å². The largest absolute Gasteiger partial charge is 0.493 e. The van der Waals surface area contributed by atoms with Gasteiger partial charge < -0.3 is 25.2 Å². The highest BCUT2D eigenvalue weighted by molar-refractivity contribution is 6.05. The second kappa shape index (κ2) is 11.3. The molecule has 1 aliphatic carbocycles.